The molecule has 1 aliphatic rings. The molecular formula is C7H17O13P3. The molecule has 3 unspecified atom stereocenters. The molecule has 13 nitrogen and oxygen atoms in total. The molecule has 1 saturated heterocycles. The molecule has 1 fully saturated rings. The lowest BCUT2D eigenvalue weighted by Crippen LogP contribution is -2.47. The maximum absolute atomic E-state index is 11.5. The highest BCUT2D eigenvalue weighted by Gasteiger charge is 2.49. The number of ether oxygens (including phenoxy) is 1. The van der Waals surface area contributed by atoms with Crippen LogP contribution in [0, 0.1) is 0 Å². The van der Waals surface area contributed by atoms with Gasteiger partial charge in [0.05, 0.1) is 25.4 Å². The van der Waals surface area contributed by atoms with Gasteiger partial charge in [-0.05, 0) is 6.92 Å². The van der Waals surface area contributed by atoms with Crippen LogP contribution in [0.2, 0.25) is 0 Å². The van der Waals surface area contributed by atoms with E-state index in [1.165, 1.54) is 0 Å². The zero-order valence-corrected chi connectivity index (χ0v) is 14.3. The zero-order valence-electron chi connectivity index (χ0n) is 11.7. The molecule has 138 valence electrons. The second kappa shape index (κ2) is 7.27. The van der Waals surface area contributed by atoms with Gasteiger partial charge in [-0.1, -0.05) is 0 Å². The molecule has 1 aliphatic heterocycles. The second-order valence-electron chi connectivity index (χ2n) is 4.77. The largest absolute Gasteiger partial charge is 0.490 e. The Kier molecular flexibility index (Phi) is 6.74. The summed E-state index contributed by atoms with van der Waals surface area (Å²) in [5.74, 6) is 0. The molecule has 5 atom stereocenters. The van der Waals surface area contributed by atoms with Crippen molar-refractivity contribution in [2.24, 2.45) is 0 Å². The molecule has 0 amide bonds. The Labute approximate surface area is 130 Å². The Morgan fingerprint density at radius 1 is 1.13 bits per heavy atom. The van der Waals surface area contributed by atoms with E-state index < -0.39 is 54.5 Å². The van der Waals surface area contributed by atoms with Gasteiger partial charge in [0.1, 0.15) is 5.60 Å². The van der Waals surface area contributed by atoms with E-state index in [-0.39, 0.29) is 6.42 Å². The molecule has 1 rings (SSSR count). The van der Waals surface area contributed by atoms with Gasteiger partial charge in [0.2, 0.25) is 0 Å². The van der Waals surface area contributed by atoms with Crippen molar-refractivity contribution < 1.29 is 61.4 Å². The molecule has 0 saturated carbocycles. The average Bonchev–Trinajstić information content (AvgIpc) is 2.57. The van der Waals surface area contributed by atoms with Gasteiger partial charge >= 0.3 is 23.5 Å². The number of rotatable bonds is 8. The Morgan fingerprint density at radius 3 is 2.09 bits per heavy atom. The second-order valence-corrected chi connectivity index (χ2v) is 9.19. The van der Waals surface area contributed by atoms with Crippen molar-refractivity contribution in [1.82, 2.24) is 0 Å². The first-order chi connectivity index (χ1) is 10.2. The maximum Gasteiger partial charge on any atom is 0.490 e. The number of aliphatic hydroxyl groups is 2. The van der Waals surface area contributed by atoms with Crippen molar-refractivity contribution in [3.63, 3.8) is 0 Å². The summed E-state index contributed by atoms with van der Waals surface area (Å²) in [5, 5.41) is 19.1. The highest BCUT2D eigenvalue weighted by molar-refractivity contribution is 7.66. The van der Waals surface area contributed by atoms with Gasteiger partial charge in [-0.2, -0.15) is 8.62 Å². The van der Waals surface area contributed by atoms with Crippen LogP contribution < -0.4 is 0 Å². The first kappa shape index (κ1) is 21.3. The average molecular weight is 402 g/mol. The van der Waals surface area contributed by atoms with Crippen molar-refractivity contribution in [3.8, 4) is 0 Å². The first-order valence-electron chi connectivity index (χ1n) is 5.95. The summed E-state index contributed by atoms with van der Waals surface area (Å²) in [6, 6.07) is 0. The number of hydrogen-bond acceptors (Lipinski definition) is 9. The van der Waals surface area contributed by atoms with Crippen LogP contribution in [0.3, 0.4) is 0 Å². The van der Waals surface area contributed by atoms with E-state index in [0.717, 1.165) is 0 Å². The van der Waals surface area contributed by atoms with Crippen LogP contribution in [0.25, 0.3) is 0 Å². The molecule has 0 aromatic carbocycles. The van der Waals surface area contributed by atoms with Crippen LogP contribution in [-0.4, -0.2) is 60.8 Å². The molecule has 0 radical (unpaired) electrons. The van der Waals surface area contributed by atoms with Gasteiger partial charge in [-0.15, -0.1) is 0 Å². The lowest BCUT2D eigenvalue weighted by atomic mass is 9.99. The molecule has 0 bridgehead atoms. The predicted molar refractivity (Wildman–Crippen MR) is 70.8 cm³/mol. The summed E-state index contributed by atoms with van der Waals surface area (Å²) in [4.78, 5) is 35.0. The quantitative estimate of drug-likeness (QED) is 0.276. The zero-order chi connectivity index (χ0) is 18.1. The van der Waals surface area contributed by atoms with Crippen molar-refractivity contribution >= 4 is 23.5 Å². The monoisotopic (exact) mass is 402 g/mol. The van der Waals surface area contributed by atoms with Gasteiger partial charge in [0, 0.05) is 6.42 Å². The van der Waals surface area contributed by atoms with E-state index in [4.69, 9.17) is 19.4 Å². The van der Waals surface area contributed by atoms with Gasteiger partial charge in [0.25, 0.3) is 0 Å². The van der Waals surface area contributed by atoms with Crippen LogP contribution in [0.1, 0.15) is 13.3 Å². The lowest BCUT2D eigenvalue weighted by molar-refractivity contribution is -0.130. The van der Waals surface area contributed by atoms with E-state index in [2.05, 4.69) is 13.1 Å². The molecule has 0 aromatic rings. The maximum atomic E-state index is 11.5. The highest BCUT2D eigenvalue weighted by Crippen LogP contribution is 2.66. The minimum Gasteiger partial charge on any atom is -0.393 e. The number of phosphoric ester groups is 1. The van der Waals surface area contributed by atoms with Crippen LogP contribution in [0.4, 0.5) is 0 Å². The van der Waals surface area contributed by atoms with E-state index in [9.17, 15) is 28.8 Å². The highest BCUT2D eigenvalue weighted by atomic mass is 31.3. The SMILES string of the molecule is C[C@H]1CC(O)[C@@](CO)(COP(=O)(O)OP(=O)(O)OP(=O)(O)O)O1. The third-order valence-electron chi connectivity index (χ3n) is 2.75. The minimum absolute atomic E-state index is 0.0975. The third kappa shape index (κ3) is 6.60. The smallest absolute Gasteiger partial charge is 0.393 e. The molecule has 16 heteroatoms. The van der Waals surface area contributed by atoms with Crippen molar-refractivity contribution in [2.75, 3.05) is 13.2 Å². The standard InChI is InChI=1S/C7H17O13P3/c1-5-2-6(9)7(3-8,18-5)4-17-22(13,14)20-23(15,16)19-21(10,11)12/h5-6,8-9H,2-4H2,1H3,(H,13,14)(H,15,16)(H2,10,11,12)/t5-,6?,7+/m0/s1. The minimum atomic E-state index is -5.62. The van der Waals surface area contributed by atoms with Gasteiger partial charge < -0.3 is 34.5 Å². The Balaban J connectivity index is 2.74. The normalized spacial score (nSPS) is 34.0. The Hall–Kier alpha value is 0.290. The fourth-order valence-corrected chi connectivity index (χ4v) is 4.95. The summed E-state index contributed by atoms with van der Waals surface area (Å²) in [6.07, 6.45) is -1.66. The van der Waals surface area contributed by atoms with Crippen molar-refractivity contribution in [1.29, 1.82) is 0 Å². The van der Waals surface area contributed by atoms with Gasteiger partial charge in [0.15, 0.2) is 0 Å². The van der Waals surface area contributed by atoms with Crippen LogP contribution in [0.15, 0.2) is 0 Å². The molecule has 1 heterocycles. The van der Waals surface area contributed by atoms with Gasteiger partial charge in [-0.25, -0.2) is 13.7 Å². The van der Waals surface area contributed by atoms with Gasteiger partial charge in [-0.3, -0.25) is 4.52 Å². The summed E-state index contributed by atoms with van der Waals surface area (Å²) in [5.41, 5.74) is -1.76. The Bertz CT molecular complexity index is 558. The number of hydrogen-bond donors (Lipinski definition) is 6. The lowest BCUT2D eigenvalue weighted by Gasteiger charge is -2.30. The van der Waals surface area contributed by atoms with E-state index in [1.54, 1.807) is 6.92 Å². The summed E-state index contributed by atoms with van der Waals surface area (Å²) >= 11 is 0. The third-order valence-corrected chi connectivity index (χ3v) is 6.54. The van der Waals surface area contributed by atoms with E-state index in [0.29, 0.717) is 0 Å². The molecular weight excluding hydrogens is 385 g/mol. The van der Waals surface area contributed by atoms with E-state index >= 15 is 0 Å². The molecule has 0 aliphatic carbocycles. The van der Waals surface area contributed by atoms with Crippen LogP contribution in [-0.2, 0) is 31.6 Å². The molecule has 6 N–H and O–H groups in total. The molecule has 0 aromatic heterocycles. The fraction of sp³-hybridized carbons (Fsp3) is 1.00. The van der Waals surface area contributed by atoms with E-state index in [1.807, 2.05) is 0 Å². The predicted octanol–water partition coefficient (Wildman–Crippen LogP) is -0.770. The topological polar surface area (TPSA) is 210 Å². The van der Waals surface area contributed by atoms with Crippen LogP contribution >= 0.6 is 23.5 Å². The Morgan fingerprint density at radius 2 is 1.70 bits per heavy atom. The summed E-state index contributed by atoms with van der Waals surface area (Å²) in [6.45, 7) is -0.140. The van der Waals surface area contributed by atoms with Crippen molar-refractivity contribution in [3.05, 3.63) is 0 Å². The summed E-state index contributed by atoms with van der Waals surface area (Å²) in [7, 11) is -16.4. The van der Waals surface area contributed by atoms with Crippen LogP contribution in [0.5, 0.6) is 0 Å². The number of aliphatic hydroxyl groups excluding tert-OH is 2. The molecule has 23 heavy (non-hydrogen) atoms. The molecule has 0 spiro atoms. The first-order valence-corrected chi connectivity index (χ1v) is 10.5. The number of phosphoric acid groups is 3. The van der Waals surface area contributed by atoms with Crippen molar-refractivity contribution in [2.45, 2.75) is 31.2 Å². The summed E-state index contributed by atoms with van der Waals surface area (Å²) < 4.78 is 49.8. The fourth-order valence-electron chi connectivity index (χ4n) is 1.87.